The standard InChI is InChI=1S/C14H24N2O6/c17-11(15-9-13(19)20)7-5-3-1-2-4-6-8-12(18)16-10-14(21)22/h1-10H2,(H,15,17)(H,16,18)(H,19,20)(H,21,22). The van der Waals surface area contributed by atoms with Crippen molar-refractivity contribution in [2.24, 2.45) is 0 Å². The van der Waals surface area contributed by atoms with Crippen LogP contribution in [0.1, 0.15) is 51.4 Å². The molecule has 0 radical (unpaired) electrons. The summed E-state index contributed by atoms with van der Waals surface area (Å²) in [5.74, 6) is -2.61. The minimum atomic E-state index is -1.05. The first kappa shape index (κ1) is 19.9. The van der Waals surface area contributed by atoms with Gasteiger partial charge in [-0.05, 0) is 12.8 Å². The fraction of sp³-hybridized carbons (Fsp3) is 0.714. The molecule has 0 aliphatic heterocycles. The summed E-state index contributed by atoms with van der Waals surface area (Å²) >= 11 is 0. The Labute approximate surface area is 129 Å². The molecule has 0 aromatic carbocycles. The maximum Gasteiger partial charge on any atom is 0.322 e. The van der Waals surface area contributed by atoms with Gasteiger partial charge in [-0.2, -0.15) is 0 Å². The number of amides is 2. The number of carboxylic acid groups (broad SMARTS) is 2. The molecule has 0 atom stereocenters. The smallest absolute Gasteiger partial charge is 0.322 e. The van der Waals surface area contributed by atoms with Crippen molar-refractivity contribution in [1.29, 1.82) is 0 Å². The molecule has 0 bridgehead atoms. The van der Waals surface area contributed by atoms with Crippen LogP contribution >= 0.6 is 0 Å². The van der Waals surface area contributed by atoms with E-state index in [2.05, 4.69) is 10.6 Å². The maximum absolute atomic E-state index is 11.2. The summed E-state index contributed by atoms with van der Waals surface area (Å²) < 4.78 is 0. The molecule has 126 valence electrons. The lowest BCUT2D eigenvalue weighted by Gasteiger charge is -2.04. The number of rotatable bonds is 13. The van der Waals surface area contributed by atoms with E-state index in [0.29, 0.717) is 25.7 Å². The Morgan fingerprint density at radius 2 is 0.909 bits per heavy atom. The first-order valence-electron chi connectivity index (χ1n) is 7.39. The maximum atomic E-state index is 11.2. The van der Waals surface area contributed by atoms with Gasteiger partial charge in [-0.1, -0.05) is 25.7 Å². The molecule has 2 amide bonds. The van der Waals surface area contributed by atoms with Crippen LogP contribution in [-0.2, 0) is 19.2 Å². The molecule has 0 unspecified atom stereocenters. The Morgan fingerprint density at radius 1 is 0.591 bits per heavy atom. The Morgan fingerprint density at radius 3 is 1.23 bits per heavy atom. The van der Waals surface area contributed by atoms with Gasteiger partial charge in [0.05, 0.1) is 0 Å². The Bertz CT molecular complexity index is 348. The van der Waals surface area contributed by atoms with Gasteiger partial charge in [-0.25, -0.2) is 0 Å². The van der Waals surface area contributed by atoms with E-state index in [-0.39, 0.29) is 24.9 Å². The van der Waals surface area contributed by atoms with Gasteiger partial charge in [-0.15, -0.1) is 0 Å². The van der Waals surface area contributed by atoms with Crippen molar-refractivity contribution in [3.05, 3.63) is 0 Å². The molecule has 0 aromatic heterocycles. The molecule has 0 rings (SSSR count). The van der Waals surface area contributed by atoms with Crippen molar-refractivity contribution >= 4 is 23.8 Å². The summed E-state index contributed by atoms with van der Waals surface area (Å²) in [6.07, 6.45) is 5.73. The van der Waals surface area contributed by atoms with E-state index in [1.807, 2.05) is 0 Å². The lowest BCUT2D eigenvalue weighted by molar-refractivity contribution is -0.138. The number of carbonyl (C=O) groups excluding carboxylic acids is 2. The van der Waals surface area contributed by atoms with Crippen LogP contribution in [-0.4, -0.2) is 47.1 Å². The van der Waals surface area contributed by atoms with E-state index < -0.39 is 11.9 Å². The Kier molecular flexibility index (Phi) is 11.4. The number of nitrogens with one attached hydrogen (secondary N) is 2. The summed E-state index contributed by atoms with van der Waals surface area (Å²) in [6.45, 7) is -0.689. The molecule has 8 heteroatoms. The minimum Gasteiger partial charge on any atom is -0.480 e. The SMILES string of the molecule is O=C(O)CNC(=O)CCCCCCCCC(=O)NCC(=O)O. The molecular weight excluding hydrogens is 292 g/mol. The zero-order valence-electron chi connectivity index (χ0n) is 12.6. The van der Waals surface area contributed by atoms with Crippen LogP contribution in [0.2, 0.25) is 0 Å². The van der Waals surface area contributed by atoms with Gasteiger partial charge >= 0.3 is 11.9 Å². The summed E-state index contributed by atoms with van der Waals surface area (Å²) in [5, 5.41) is 21.4. The summed E-state index contributed by atoms with van der Waals surface area (Å²) in [7, 11) is 0. The lowest BCUT2D eigenvalue weighted by atomic mass is 10.1. The number of aliphatic carboxylic acids is 2. The van der Waals surface area contributed by atoms with Crippen LogP contribution in [0.4, 0.5) is 0 Å². The molecule has 4 N–H and O–H groups in total. The van der Waals surface area contributed by atoms with Gasteiger partial charge in [0.1, 0.15) is 13.1 Å². The van der Waals surface area contributed by atoms with E-state index >= 15 is 0 Å². The molecule has 0 saturated heterocycles. The molecular formula is C14H24N2O6. The van der Waals surface area contributed by atoms with Crippen LogP contribution in [0.5, 0.6) is 0 Å². The first-order valence-corrected chi connectivity index (χ1v) is 7.39. The number of hydrogen-bond donors (Lipinski definition) is 4. The average Bonchev–Trinajstić information content (AvgIpc) is 2.45. The topological polar surface area (TPSA) is 133 Å². The fourth-order valence-electron chi connectivity index (χ4n) is 1.80. The molecule has 0 aromatic rings. The predicted octanol–water partition coefficient (Wildman–Crippen LogP) is 0.509. The summed E-state index contributed by atoms with van der Waals surface area (Å²) in [5.41, 5.74) is 0. The second-order valence-electron chi connectivity index (χ2n) is 4.96. The highest BCUT2D eigenvalue weighted by molar-refractivity contribution is 5.81. The fourth-order valence-corrected chi connectivity index (χ4v) is 1.80. The number of unbranched alkanes of at least 4 members (excludes halogenated alkanes) is 5. The van der Waals surface area contributed by atoms with E-state index in [9.17, 15) is 19.2 Å². The van der Waals surface area contributed by atoms with Crippen LogP contribution in [0.25, 0.3) is 0 Å². The zero-order valence-corrected chi connectivity index (χ0v) is 12.6. The highest BCUT2D eigenvalue weighted by atomic mass is 16.4. The molecule has 8 nitrogen and oxygen atoms in total. The molecule has 0 saturated carbocycles. The molecule has 0 aliphatic carbocycles. The van der Waals surface area contributed by atoms with Gasteiger partial charge in [-0.3, -0.25) is 19.2 Å². The monoisotopic (exact) mass is 316 g/mol. The normalized spacial score (nSPS) is 10.0. The molecule has 0 fully saturated rings. The van der Waals surface area contributed by atoms with Crippen molar-refractivity contribution in [3.8, 4) is 0 Å². The Balaban J connectivity index is 3.33. The minimum absolute atomic E-state index is 0.252. The van der Waals surface area contributed by atoms with Crippen molar-refractivity contribution in [1.82, 2.24) is 10.6 Å². The van der Waals surface area contributed by atoms with E-state index in [1.54, 1.807) is 0 Å². The zero-order chi connectivity index (χ0) is 16.8. The van der Waals surface area contributed by atoms with E-state index in [1.165, 1.54) is 0 Å². The third kappa shape index (κ3) is 14.3. The number of hydrogen-bond acceptors (Lipinski definition) is 4. The highest BCUT2D eigenvalue weighted by Gasteiger charge is 2.04. The van der Waals surface area contributed by atoms with E-state index in [4.69, 9.17) is 10.2 Å². The van der Waals surface area contributed by atoms with E-state index in [0.717, 1.165) is 25.7 Å². The van der Waals surface area contributed by atoms with Crippen molar-refractivity contribution in [3.63, 3.8) is 0 Å². The quantitative estimate of drug-likeness (QED) is 0.366. The summed E-state index contributed by atoms with van der Waals surface area (Å²) in [4.78, 5) is 42.9. The molecule has 0 heterocycles. The van der Waals surface area contributed by atoms with Crippen LogP contribution in [0.3, 0.4) is 0 Å². The third-order valence-electron chi connectivity index (χ3n) is 2.93. The van der Waals surface area contributed by atoms with Crippen molar-refractivity contribution < 1.29 is 29.4 Å². The number of carbonyl (C=O) groups is 4. The first-order chi connectivity index (χ1) is 10.4. The van der Waals surface area contributed by atoms with Gasteiger partial charge < -0.3 is 20.8 Å². The third-order valence-corrected chi connectivity index (χ3v) is 2.93. The van der Waals surface area contributed by atoms with Gasteiger partial charge in [0.2, 0.25) is 11.8 Å². The van der Waals surface area contributed by atoms with Crippen molar-refractivity contribution in [2.75, 3.05) is 13.1 Å². The largest absolute Gasteiger partial charge is 0.480 e. The second kappa shape index (κ2) is 12.6. The van der Waals surface area contributed by atoms with Crippen LogP contribution in [0.15, 0.2) is 0 Å². The van der Waals surface area contributed by atoms with Crippen LogP contribution in [0, 0.1) is 0 Å². The van der Waals surface area contributed by atoms with Crippen LogP contribution < -0.4 is 10.6 Å². The number of carboxylic acids is 2. The second-order valence-corrected chi connectivity index (χ2v) is 4.96. The highest BCUT2D eigenvalue weighted by Crippen LogP contribution is 2.08. The van der Waals surface area contributed by atoms with Gasteiger partial charge in [0.25, 0.3) is 0 Å². The van der Waals surface area contributed by atoms with Crippen molar-refractivity contribution in [2.45, 2.75) is 51.4 Å². The predicted molar refractivity (Wildman–Crippen MR) is 78.2 cm³/mol. The van der Waals surface area contributed by atoms with Gasteiger partial charge in [0, 0.05) is 12.8 Å². The summed E-state index contributed by atoms with van der Waals surface area (Å²) in [6, 6.07) is 0. The van der Waals surface area contributed by atoms with Gasteiger partial charge in [0.15, 0.2) is 0 Å². The lowest BCUT2D eigenvalue weighted by Crippen LogP contribution is -2.28. The molecule has 22 heavy (non-hydrogen) atoms. The molecule has 0 aliphatic rings. The average molecular weight is 316 g/mol. The Hall–Kier alpha value is -2.12. The molecule has 0 spiro atoms.